The van der Waals surface area contributed by atoms with Gasteiger partial charge in [-0.2, -0.15) is 0 Å². The predicted octanol–water partition coefficient (Wildman–Crippen LogP) is 0.150. The summed E-state index contributed by atoms with van der Waals surface area (Å²) >= 11 is 0. The van der Waals surface area contributed by atoms with Crippen LogP contribution in [-0.4, -0.2) is 34.4 Å². The number of primary amides is 1. The standard InChI is InChI=1S/C11H16N4O2/c12-10(17)8-1-2-9(15-14-8)13-7-11(3-4-11)5-6-16/h1-2,16H,3-7H2,(H2,12,17)(H,13,15). The molecule has 0 spiro atoms. The molecule has 1 aliphatic carbocycles. The van der Waals surface area contributed by atoms with Crippen LogP contribution < -0.4 is 11.1 Å². The topological polar surface area (TPSA) is 101 Å². The average Bonchev–Trinajstić information content (AvgIpc) is 3.08. The van der Waals surface area contributed by atoms with Crippen LogP contribution >= 0.6 is 0 Å². The van der Waals surface area contributed by atoms with E-state index in [2.05, 4.69) is 15.5 Å². The van der Waals surface area contributed by atoms with Gasteiger partial charge in [0.15, 0.2) is 5.69 Å². The summed E-state index contributed by atoms with van der Waals surface area (Å²) in [6.45, 7) is 0.992. The van der Waals surface area contributed by atoms with E-state index in [0.29, 0.717) is 5.82 Å². The van der Waals surface area contributed by atoms with Crippen LogP contribution in [0.25, 0.3) is 0 Å². The summed E-state index contributed by atoms with van der Waals surface area (Å²) in [6, 6.07) is 3.23. The van der Waals surface area contributed by atoms with E-state index in [1.54, 1.807) is 12.1 Å². The highest BCUT2D eigenvalue weighted by atomic mass is 16.3. The van der Waals surface area contributed by atoms with Gasteiger partial charge in [-0.05, 0) is 36.8 Å². The average molecular weight is 236 g/mol. The lowest BCUT2D eigenvalue weighted by molar-refractivity contribution is 0.0994. The van der Waals surface area contributed by atoms with Gasteiger partial charge in [0.1, 0.15) is 5.82 Å². The molecule has 0 aromatic carbocycles. The number of hydrogen-bond donors (Lipinski definition) is 3. The molecule has 0 saturated heterocycles. The summed E-state index contributed by atoms with van der Waals surface area (Å²) < 4.78 is 0. The SMILES string of the molecule is NC(=O)c1ccc(NCC2(CCO)CC2)nn1. The highest BCUT2D eigenvalue weighted by Gasteiger charge is 2.41. The van der Waals surface area contributed by atoms with Crippen molar-refractivity contribution in [3.63, 3.8) is 0 Å². The predicted molar refractivity (Wildman–Crippen MR) is 62.4 cm³/mol. The van der Waals surface area contributed by atoms with Crippen molar-refractivity contribution in [3.8, 4) is 0 Å². The highest BCUT2D eigenvalue weighted by molar-refractivity contribution is 5.90. The van der Waals surface area contributed by atoms with Gasteiger partial charge in [0.2, 0.25) is 0 Å². The monoisotopic (exact) mass is 236 g/mol. The molecule has 0 unspecified atom stereocenters. The fourth-order valence-electron chi connectivity index (χ4n) is 1.77. The van der Waals surface area contributed by atoms with Gasteiger partial charge in [0.05, 0.1) is 0 Å². The summed E-state index contributed by atoms with van der Waals surface area (Å²) in [4.78, 5) is 10.8. The normalized spacial score (nSPS) is 16.5. The third-order valence-corrected chi connectivity index (χ3v) is 3.16. The minimum Gasteiger partial charge on any atom is -0.396 e. The summed E-state index contributed by atoms with van der Waals surface area (Å²) in [6.07, 6.45) is 3.08. The maximum absolute atomic E-state index is 10.8. The van der Waals surface area contributed by atoms with E-state index in [1.807, 2.05) is 0 Å². The lowest BCUT2D eigenvalue weighted by Crippen LogP contribution is -2.18. The summed E-state index contributed by atoms with van der Waals surface area (Å²) in [5.41, 5.74) is 5.45. The Kier molecular flexibility index (Phi) is 3.23. The largest absolute Gasteiger partial charge is 0.396 e. The molecule has 2 rings (SSSR count). The van der Waals surface area contributed by atoms with E-state index < -0.39 is 5.91 Å². The van der Waals surface area contributed by atoms with Crippen LogP contribution in [0.3, 0.4) is 0 Å². The van der Waals surface area contributed by atoms with Crippen LogP contribution in [-0.2, 0) is 0 Å². The Bertz CT molecular complexity index is 400. The Hall–Kier alpha value is -1.69. The molecule has 1 aromatic heterocycles. The molecule has 1 aliphatic rings. The van der Waals surface area contributed by atoms with Gasteiger partial charge in [-0.25, -0.2) is 0 Å². The summed E-state index contributed by atoms with van der Waals surface area (Å²) in [5, 5.41) is 19.7. The number of amides is 1. The van der Waals surface area contributed by atoms with Crippen LogP contribution in [0.2, 0.25) is 0 Å². The first-order valence-electron chi connectivity index (χ1n) is 5.63. The number of hydrogen-bond acceptors (Lipinski definition) is 5. The maximum Gasteiger partial charge on any atom is 0.269 e. The zero-order valence-electron chi connectivity index (χ0n) is 9.52. The zero-order valence-corrected chi connectivity index (χ0v) is 9.52. The molecule has 4 N–H and O–H groups in total. The van der Waals surface area contributed by atoms with Crippen molar-refractivity contribution in [3.05, 3.63) is 17.8 Å². The first-order chi connectivity index (χ1) is 8.15. The molecule has 0 radical (unpaired) electrons. The molecule has 0 atom stereocenters. The molecule has 6 heteroatoms. The number of aromatic nitrogens is 2. The van der Waals surface area contributed by atoms with E-state index in [4.69, 9.17) is 10.8 Å². The lowest BCUT2D eigenvalue weighted by Gasteiger charge is -2.14. The second kappa shape index (κ2) is 4.67. The van der Waals surface area contributed by atoms with Crippen molar-refractivity contribution < 1.29 is 9.90 Å². The number of aliphatic hydroxyl groups excluding tert-OH is 1. The maximum atomic E-state index is 10.8. The minimum atomic E-state index is -0.581. The second-order valence-electron chi connectivity index (χ2n) is 4.50. The molecule has 92 valence electrons. The van der Waals surface area contributed by atoms with Gasteiger partial charge in [-0.1, -0.05) is 0 Å². The Morgan fingerprint density at radius 1 is 1.47 bits per heavy atom. The number of nitrogens with two attached hydrogens (primary N) is 1. The molecule has 0 aliphatic heterocycles. The number of nitrogens with zero attached hydrogens (tertiary/aromatic N) is 2. The molecule has 1 aromatic rings. The van der Waals surface area contributed by atoms with Crippen molar-refractivity contribution in [2.45, 2.75) is 19.3 Å². The second-order valence-corrected chi connectivity index (χ2v) is 4.50. The molecule has 1 saturated carbocycles. The van der Waals surface area contributed by atoms with Crippen LogP contribution in [0.5, 0.6) is 0 Å². The number of aliphatic hydroxyl groups is 1. The highest BCUT2D eigenvalue weighted by Crippen LogP contribution is 2.48. The van der Waals surface area contributed by atoms with Crippen LogP contribution in [0.15, 0.2) is 12.1 Å². The molecule has 0 bridgehead atoms. The van der Waals surface area contributed by atoms with Crippen LogP contribution in [0.4, 0.5) is 5.82 Å². The van der Waals surface area contributed by atoms with Crippen molar-refractivity contribution >= 4 is 11.7 Å². The quantitative estimate of drug-likeness (QED) is 0.652. The molecule has 1 fully saturated rings. The van der Waals surface area contributed by atoms with E-state index in [-0.39, 0.29) is 17.7 Å². The van der Waals surface area contributed by atoms with E-state index in [0.717, 1.165) is 25.8 Å². The fourth-order valence-corrected chi connectivity index (χ4v) is 1.77. The van der Waals surface area contributed by atoms with Gasteiger partial charge in [0.25, 0.3) is 5.91 Å². The fraction of sp³-hybridized carbons (Fsp3) is 0.545. The van der Waals surface area contributed by atoms with E-state index >= 15 is 0 Å². The lowest BCUT2D eigenvalue weighted by atomic mass is 10.0. The van der Waals surface area contributed by atoms with Gasteiger partial charge in [0, 0.05) is 13.2 Å². The Morgan fingerprint density at radius 3 is 2.71 bits per heavy atom. The van der Waals surface area contributed by atoms with Gasteiger partial charge in [-0.3, -0.25) is 4.79 Å². The number of carbonyl (C=O) groups is 1. The molecular weight excluding hydrogens is 220 g/mol. The molecular formula is C11H16N4O2. The summed E-state index contributed by atoms with van der Waals surface area (Å²) in [5.74, 6) is 0.0437. The van der Waals surface area contributed by atoms with Crippen molar-refractivity contribution in [1.82, 2.24) is 10.2 Å². The molecule has 17 heavy (non-hydrogen) atoms. The third-order valence-electron chi connectivity index (χ3n) is 3.16. The Morgan fingerprint density at radius 2 is 2.24 bits per heavy atom. The first-order valence-corrected chi connectivity index (χ1v) is 5.63. The smallest absolute Gasteiger partial charge is 0.269 e. The van der Waals surface area contributed by atoms with Crippen molar-refractivity contribution in [2.24, 2.45) is 11.1 Å². The van der Waals surface area contributed by atoms with Crippen LogP contribution in [0.1, 0.15) is 29.8 Å². The molecule has 1 heterocycles. The van der Waals surface area contributed by atoms with Gasteiger partial charge >= 0.3 is 0 Å². The first kappa shape index (κ1) is 11.8. The number of rotatable bonds is 6. The van der Waals surface area contributed by atoms with E-state index in [9.17, 15) is 4.79 Å². The number of anilines is 1. The summed E-state index contributed by atoms with van der Waals surface area (Å²) in [7, 11) is 0. The Balaban J connectivity index is 1.89. The van der Waals surface area contributed by atoms with Crippen molar-refractivity contribution in [2.75, 3.05) is 18.5 Å². The van der Waals surface area contributed by atoms with Gasteiger partial charge < -0.3 is 16.2 Å². The zero-order chi connectivity index (χ0) is 12.3. The van der Waals surface area contributed by atoms with Crippen LogP contribution in [0, 0.1) is 5.41 Å². The molecule has 6 nitrogen and oxygen atoms in total. The van der Waals surface area contributed by atoms with E-state index in [1.165, 1.54) is 0 Å². The minimum absolute atomic E-state index is 0.159. The van der Waals surface area contributed by atoms with Gasteiger partial charge in [-0.15, -0.1) is 10.2 Å². The van der Waals surface area contributed by atoms with Crippen molar-refractivity contribution in [1.29, 1.82) is 0 Å². The number of carbonyl (C=O) groups excluding carboxylic acids is 1. The molecule has 1 amide bonds. The number of nitrogens with one attached hydrogen (secondary N) is 1. The Labute approximate surface area is 99.2 Å². The third kappa shape index (κ3) is 2.91.